The number of halogens is 1. The Morgan fingerprint density at radius 1 is 1.32 bits per heavy atom. The number of phenolic OH excluding ortho intramolecular Hbond substituents is 1. The molecule has 1 fully saturated rings. The summed E-state index contributed by atoms with van der Waals surface area (Å²) >= 11 is 0. The summed E-state index contributed by atoms with van der Waals surface area (Å²) in [7, 11) is 1.59. The third-order valence-electron chi connectivity index (χ3n) is 6.57. The van der Waals surface area contributed by atoms with E-state index >= 15 is 0 Å². The third kappa shape index (κ3) is 4.79. The molecule has 0 aliphatic carbocycles. The minimum absolute atomic E-state index is 0.0952. The van der Waals surface area contributed by atoms with Crippen molar-refractivity contribution in [3.8, 4) is 22.8 Å². The Balaban J connectivity index is 1.63. The molecule has 0 saturated carbocycles. The lowest BCUT2D eigenvalue weighted by Crippen LogP contribution is -2.24. The summed E-state index contributed by atoms with van der Waals surface area (Å²) < 4.78 is 26.7. The number of nitrogens with two attached hydrogens (primary N) is 1. The van der Waals surface area contributed by atoms with Crippen LogP contribution < -0.4 is 15.8 Å². The molecule has 0 spiro atoms. The predicted octanol–water partition coefficient (Wildman–Crippen LogP) is 4.36. The fraction of sp³-hybridized carbons (Fsp3) is 0.296. The molecule has 4 heterocycles. The Hall–Kier alpha value is -4.18. The zero-order valence-electron chi connectivity index (χ0n) is 21.0. The number of anilines is 1. The number of hydrogen-bond acceptors (Lipinski definition) is 7. The molecule has 37 heavy (non-hydrogen) atoms. The summed E-state index contributed by atoms with van der Waals surface area (Å²) in [5, 5.41) is 17.9. The third-order valence-corrected chi connectivity index (χ3v) is 6.57. The molecule has 192 valence electrons. The molecule has 5 rings (SSSR count). The molecule has 3 aromatic heterocycles. The highest BCUT2D eigenvalue weighted by Gasteiger charge is 2.22. The van der Waals surface area contributed by atoms with E-state index in [0.29, 0.717) is 42.3 Å². The predicted molar refractivity (Wildman–Crippen MR) is 140 cm³/mol. The number of aromatic hydroxyl groups is 1. The number of hydrogen-bond donors (Lipinski definition) is 3. The first-order chi connectivity index (χ1) is 17.9. The van der Waals surface area contributed by atoms with E-state index in [2.05, 4.69) is 20.4 Å². The van der Waals surface area contributed by atoms with Gasteiger partial charge < -0.3 is 25.6 Å². The van der Waals surface area contributed by atoms with Gasteiger partial charge in [-0.05, 0) is 43.0 Å². The van der Waals surface area contributed by atoms with Crippen molar-refractivity contribution in [1.29, 1.82) is 0 Å². The molecule has 10 heteroatoms. The van der Waals surface area contributed by atoms with Gasteiger partial charge >= 0.3 is 0 Å². The molecular formula is C27H29FN6O3. The Morgan fingerprint density at radius 3 is 2.86 bits per heavy atom. The Labute approximate surface area is 213 Å². The fourth-order valence-corrected chi connectivity index (χ4v) is 4.52. The van der Waals surface area contributed by atoms with Crippen molar-refractivity contribution < 1.29 is 19.0 Å². The Bertz CT molecular complexity index is 1490. The maximum atomic E-state index is 14.1. The van der Waals surface area contributed by atoms with Crippen molar-refractivity contribution >= 4 is 22.7 Å². The van der Waals surface area contributed by atoms with E-state index in [1.54, 1.807) is 24.0 Å². The second-order valence-corrected chi connectivity index (χ2v) is 9.02. The number of aryl methyl sites for hydroxylation is 2. The molecule has 1 aromatic carbocycles. The number of fused-ring (bicyclic) bond motifs is 1. The van der Waals surface area contributed by atoms with Gasteiger partial charge in [-0.15, -0.1) is 0 Å². The van der Waals surface area contributed by atoms with E-state index in [1.165, 1.54) is 12.1 Å². The SMILES string of the molecule is CCc1cc(O)c(F)cc1N=C(N)c1cnn2cc(-c3cnc(OC)cc3C)cc2c1N[C@@H]1CCOC1. The highest BCUT2D eigenvalue weighted by atomic mass is 19.1. The standard InChI is InChI=1S/C27H29FN6O3/c1-4-16-9-24(35)21(28)10-22(16)33-27(29)20-12-31-34-13-17(19-11-30-25(36-3)7-15(19)2)8-23(34)26(20)32-18-5-6-37-14-18/h7-13,18,32,35H,4-6,14H2,1-3H3,(H2,29,33)/t18-/m1/s1. The average Bonchev–Trinajstić information content (AvgIpc) is 3.56. The number of ether oxygens (including phenoxy) is 2. The van der Waals surface area contributed by atoms with Crippen LogP contribution in [0, 0.1) is 12.7 Å². The van der Waals surface area contributed by atoms with Crippen molar-refractivity contribution in [2.75, 3.05) is 25.6 Å². The number of rotatable bonds is 7. The number of amidine groups is 1. The average molecular weight is 505 g/mol. The van der Waals surface area contributed by atoms with Gasteiger partial charge in [0, 0.05) is 42.3 Å². The van der Waals surface area contributed by atoms with Crippen molar-refractivity contribution in [2.45, 2.75) is 32.7 Å². The highest BCUT2D eigenvalue weighted by molar-refractivity contribution is 6.06. The molecule has 1 aliphatic rings. The summed E-state index contributed by atoms with van der Waals surface area (Å²) in [4.78, 5) is 8.90. The van der Waals surface area contributed by atoms with Gasteiger partial charge in [-0.2, -0.15) is 5.10 Å². The molecule has 0 amide bonds. The maximum Gasteiger partial charge on any atom is 0.213 e. The van der Waals surface area contributed by atoms with Crippen LogP contribution in [0.3, 0.4) is 0 Å². The van der Waals surface area contributed by atoms with Crippen molar-refractivity contribution in [2.24, 2.45) is 10.7 Å². The summed E-state index contributed by atoms with van der Waals surface area (Å²) in [6.45, 7) is 5.15. The number of benzene rings is 1. The van der Waals surface area contributed by atoms with Crippen LogP contribution in [-0.4, -0.2) is 51.9 Å². The second kappa shape index (κ2) is 10.1. The van der Waals surface area contributed by atoms with Crippen LogP contribution in [0.5, 0.6) is 11.6 Å². The van der Waals surface area contributed by atoms with Gasteiger partial charge in [-0.3, -0.25) is 0 Å². The number of methoxy groups -OCH3 is 1. The molecule has 4 aromatic rings. The van der Waals surface area contributed by atoms with Crippen LogP contribution in [-0.2, 0) is 11.2 Å². The molecule has 0 unspecified atom stereocenters. The largest absolute Gasteiger partial charge is 0.505 e. The van der Waals surface area contributed by atoms with Crippen LogP contribution >= 0.6 is 0 Å². The Kier molecular flexibility index (Phi) is 6.66. The van der Waals surface area contributed by atoms with Gasteiger partial charge in [-0.1, -0.05) is 6.92 Å². The van der Waals surface area contributed by atoms with Gasteiger partial charge in [0.1, 0.15) is 5.84 Å². The minimum atomic E-state index is -0.751. The molecule has 0 bridgehead atoms. The van der Waals surface area contributed by atoms with E-state index < -0.39 is 11.6 Å². The van der Waals surface area contributed by atoms with E-state index in [4.69, 9.17) is 15.2 Å². The van der Waals surface area contributed by atoms with Gasteiger partial charge in [0.25, 0.3) is 0 Å². The number of aliphatic imine (C=N–C) groups is 1. The summed E-state index contributed by atoms with van der Waals surface area (Å²) in [5.74, 6) is -0.431. The first-order valence-electron chi connectivity index (χ1n) is 12.1. The van der Waals surface area contributed by atoms with Crippen molar-refractivity contribution in [1.82, 2.24) is 14.6 Å². The first kappa shape index (κ1) is 24.5. The number of aromatic nitrogens is 3. The summed E-state index contributed by atoms with van der Waals surface area (Å²) in [6, 6.07) is 6.58. The number of nitrogens with zero attached hydrogens (tertiary/aromatic N) is 4. The zero-order valence-corrected chi connectivity index (χ0v) is 21.0. The topological polar surface area (TPSA) is 119 Å². The summed E-state index contributed by atoms with van der Waals surface area (Å²) in [6.07, 6.45) is 6.77. The minimum Gasteiger partial charge on any atom is -0.505 e. The van der Waals surface area contributed by atoms with E-state index in [1.807, 2.05) is 32.2 Å². The van der Waals surface area contributed by atoms with Crippen molar-refractivity contribution in [3.05, 3.63) is 65.4 Å². The van der Waals surface area contributed by atoms with Gasteiger partial charge in [-0.25, -0.2) is 18.9 Å². The zero-order chi connectivity index (χ0) is 26.1. The first-order valence-corrected chi connectivity index (χ1v) is 12.1. The number of nitrogens with one attached hydrogen (secondary N) is 1. The lowest BCUT2D eigenvalue weighted by Gasteiger charge is -2.17. The van der Waals surface area contributed by atoms with E-state index in [9.17, 15) is 9.50 Å². The normalized spacial score (nSPS) is 15.9. The Morgan fingerprint density at radius 2 is 2.16 bits per heavy atom. The molecule has 1 aliphatic heterocycles. The molecule has 0 radical (unpaired) electrons. The molecule has 9 nitrogen and oxygen atoms in total. The van der Waals surface area contributed by atoms with Crippen LogP contribution in [0.4, 0.5) is 15.8 Å². The quantitative estimate of drug-likeness (QED) is 0.253. The maximum absolute atomic E-state index is 14.1. The van der Waals surface area contributed by atoms with Gasteiger partial charge in [0.15, 0.2) is 11.6 Å². The molecular weight excluding hydrogens is 475 g/mol. The molecule has 4 N–H and O–H groups in total. The summed E-state index contributed by atoms with van der Waals surface area (Å²) in [5.41, 5.74) is 12.6. The van der Waals surface area contributed by atoms with Gasteiger partial charge in [0.05, 0.1) is 48.4 Å². The van der Waals surface area contributed by atoms with E-state index in [-0.39, 0.29) is 11.9 Å². The monoisotopic (exact) mass is 504 g/mol. The lowest BCUT2D eigenvalue weighted by molar-refractivity contribution is 0.195. The highest BCUT2D eigenvalue weighted by Crippen LogP contribution is 2.33. The molecule has 1 saturated heterocycles. The smallest absolute Gasteiger partial charge is 0.213 e. The van der Waals surface area contributed by atoms with Crippen LogP contribution in [0.15, 0.2) is 47.8 Å². The lowest BCUT2D eigenvalue weighted by atomic mass is 10.1. The van der Waals surface area contributed by atoms with E-state index in [0.717, 1.165) is 34.3 Å². The number of pyridine rings is 1. The molecule has 1 atom stereocenters. The van der Waals surface area contributed by atoms with Crippen molar-refractivity contribution in [3.63, 3.8) is 0 Å². The fourth-order valence-electron chi connectivity index (χ4n) is 4.52. The second-order valence-electron chi connectivity index (χ2n) is 9.02. The van der Waals surface area contributed by atoms with Crippen LogP contribution in [0.25, 0.3) is 16.6 Å². The van der Waals surface area contributed by atoms with Crippen LogP contribution in [0.1, 0.15) is 30.0 Å². The van der Waals surface area contributed by atoms with Crippen LogP contribution in [0.2, 0.25) is 0 Å². The number of phenols is 1. The van der Waals surface area contributed by atoms with Gasteiger partial charge in [0.2, 0.25) is 5.88 Å².